The zero-order valence-electron chi connectivity index (χ0n) is 8.76. The van der Waals surface area contributed by atoms with Crippen molar-refractivity contribution in [2.75, 3.05) is 18.0 Å². The van der Waals surface area contributed by atoms with Gasteiger partial charge in [0.2, 0.25) is 0 Å². The van der Waals surface area contributed by atoms with Crippen LogP contribution in [0.15, 0.2) is 24.3 Å². The summed E-state index contributed by atoms with van der Waals surface area (Å²) in [7, 11) is 0. The lowest BCUT2D eigenvalue weighted by molar-refractivity contribution is -0.140. The van der Waals surface area contributed by atoms with Crippen LogP contribution in [0.25, 0.3) is 0 Å². The zero-order valence-corrected chi connectivity index (χ0v) is 8.76. The molecular weight excluding hydrogens is 204 g/mol. The first-order valence-corrected chi connectivity index (χ1v) is 5.18. The standard InChI is InChI=1S/C12H12N2O2/c13-7-9-1-3-11(4-2-9)14-6-5-10(8-14)12(15)16/h1-4,10H,5-6,8H2,(H,15,16). The zero-order chi connectivity index (χ0) is 11.5. The molecule has 1 aliphatic heterocycles. The van der Waals surface area contributed by atoms with Crippen LogP contribution in [0.2, 0.25) is 0 Å². The van der Waals surface area contributed by atoms with E-state index < -0.39 is 5.97 Å². The Labute approximate surface area is 93.7 Å². The molecule has 0 amide bonds. The summed E-state index contributed by atoms with van der Waals surface area (Å²) in [6.07, 6.45) is 0.690. The summed E-state index contributed by atoms with van der Waals surface area (Å²) in [6.45, 7) is 1.32. The van der Waals surface area contributed by atoms with Crippen LogP contribution in [-0.4, -0.2) is 24.2 Å². The summed E-state index contributed by atoms with van der Waals surface area (Å²) in [5.74, 6) is -0.994. The summed E-state index contributed by atoms with van der Waals surface area (Å²) in [6, 6.07) is 9.29. The van der Waals surface area contributed by atoms with Crippen molar-refractivity contribution in [3.8, 4) is 6.07 Å². The van der Waals surface area contributed by atoms with Gasteiger partial charge in [-0.1, -0.05) is 0 Å². The highest BCUT2D eigenvalue weighted by atomic mass is 16.4. The average Bonchev–Trinajstić information content (AvgIpc) is 2.78. The molecule has 1 aliphatic rings. The molecule has 0 aliphatic carbocycles. The van der Waals surface area contributed by atoms with E-state index in [1.165, 1.54) is 0 Å². The van der Waals surface area contributed by atoms with Crippen molar-refractivity contribution in [3.63, 3.8) is 0 Å². The first kappa shape index (κ1) is 10.5. The second-order valence-corrected chi connectivity index (χ2v) is 3.93. The Balaban J connectivity index is 2.09. The summed E-state index contributed by atoms with van der Waals surface area (Å²) < 4.78 is 0. The van der Waals surface area contributed by atoms with Crippen molar-refractivity contribution < 1.29 is 9.90 Å². The molecule has 1 atom stereocenters. The molecule has 1 saturated heterocycles. The number of carbonyl (C=O) groups is 1. The molecular formula is C12H12N2O2. The molecule has 0 spiro atoms. The first-order valence-electron chi connectivity index (χ1n) is 5.18. The SMILES string of the molecule is N#Cc1ccc(N2CCC(C(=O)O)C2)cc1. The van der Waals surface area contributed by atoms with E-state index in [9.17, 15) is 4.79 Å². The number of anilines is 1. The minimum absolute atomic E-state index is 0.268. The lowest BCUT2D eigenvalue weighted by Gasteiger charge is -2.17. The maximum absolute atomic E-state index is 10.8. The Bertz CT molecular complexity index is 433. The van der Waals surface area contributed by atoms with Crippen LogP contribution in [0.3, 0.4) is 0 Å². The van der Waals surface area contributed by atoms with E-state index >= 15 is 0 Å². The van der Waals surface area contributed by atoms with E-state index in [1.807, 2.05) is 17.0 Å². The fraction of sp³-hybridized carbons (Fsp3) is 0.333. The number of aliphatic carboxylic acids is 1. The molecule has 16 heavy (non-hydrogen) atoms. The maximum atomic E-state index is 10.8. The van der Waals surface area contributed by atoms with Crippen molar-refractivity contribution >= 4 is 11.7 Å². The minimum Gasteiger partial charge on any atom is -0.481 e. The molecule has 0 bridgehead atoms. The predicted octanol–water partition coefficient (Wildman–Crippen LogP) is 1.47. The van der Waals surface area contributed by atoms with Crippen molar-refractivity contribution in [2.45, 2.75) is 6.42 Å². The smallest absolute Gasteiger partial charge is 0.308 e. The third kappa shape index (κ3) is 1.98. The number of carboxylic acid groups (broad SMARTS) is 1. The Morgan fingerprint density at radius 3 is 2.62 bits per heavy atom. The van der Waals surface area contributed by atoms with Crippen LogP contribution in [0.4, 0.5) is 5.69 Å². The molecule has 82 valence electrons. The van der Waals surface area contributed by atoms with E-state index in [0.717, 1.165) is 12.2 Å². The van der Waals surface area contributed by atoms with Gasteiger partial charge in [-0.2, -0.15) is 5.26 Å². The van der Waals surface area contributed by atoms with Crippen LogP contribution in [-0.2, 0) is 4.79 Å². The van der Waals surface area contributed by atoms with E-state index in [1.54, 1.807) is 12.1 Å². The van der Waals surface area contributed by atoms with Gasteiger partial charge >= 0.3 is 5.97 Å². The summed E-state index contributed by atoms with van der Waals surface area (Å²) in [5, 5.41) is 17.6. The highest BCUT2D eigenvalue weighted by Crippen LogP contribution is 2.24. The first-order chi connectivity index (χ1) is 7.70. The lowest BCUT2D eigenvalue weighted by atomic mass is 10.1. The number of benzene rings is 1. The van der Waals surface area contributed by atoms with Crippen LogP contribution in [0.1, 0.15) is 12.0 Å². The molecule has 4 nitrogen and oxygen atoms in total. The quantitative estimate of drug-likeness (QED) is 0.813. The molecule has 1 fully saturated rings. The number of hydrogen-bond donors (Lipinski definition) is 1. The van der Waals surface area contributed by atoms with Gasteiger partial charge < -0.3 is 10.0 Å². The van der Waals surface area contributed by atoms with Crippen molar-refractivity contribution in [3.05, 3.63) is 29.8 Å². The number of nitriles is 1. The molecule has 0 radical (unpaired) electrons. The van der Waals surface area contributed by atoms with Gasteiger partial charge in [-0.15, -0.1) is 0 Å². The monoisotopic (exact) mass is 216 g/mol. The molecule has 1 N–H and O–H groups in total. The molecule has 1 heterocycles. The Hall–Kier alpha value is -2.02. The Kier molecular flexibility index (Phi) is 2.78. The third-order valence-electron chi connectivity index (χ3n) is 2.90. The summed E-state index contributed by atoms with van der Waals surface area (Å²) in [4.78, 5) is 12.9. The molecule has 2 rings (SSSR count). The number of rotatable bonds is 2. The van der Waals surface area contributed by atoms with Gasteiger partial charge in [0.05, 0.1) is 17.6 Å². The fourth-order valence-electron chi connectivity index (χ4n) is 1.94. The van der Waals surface area contributed by atoms with Crippen LogP contribution >= 0.6 is 0 Å². The topological polar surface area (TPSA) is 64.3 Å². The van der Waals surface area contributed by atoms with Gasteiger partial charge in [0.1, 0.15) is 0 Å². The van der Waals surface area contributed by atoms with Gasteiger partial charge in [-0.25, -0.2) is 0 Å². The van der Waals surface area contributed by atoms with Crippen LogP contribution < -0.4 is 4.90 Å². The van der Waals surface area contributed by atoms with Gasteiger partial charge in [-0.05, 0) is 30.7 Å². The number of hydrogen-bond acceptors (Lipinski definition) is 3. The molecule has 0 aromatic heterocycles. The van der Waals surface area contributed by atoms with Crippen LogP contribution in [0, 0.1) is 17.2 Å². The van der Waals surface area contributed by atoms with E-state index in [0.29, 0.717) is 18.5 Å². The van der Waals surface area contributed by atoms with Crippen LogP contribution in [0.5, 0.6) is 0 Å². The lowest BCUT2D eigenvalue weighted by Crippen LogP contribution is -2.22. The minimum atomic E-state index is -0.726. The molecule has 1 aromatic rings. The van der Waals surface area contributed by atoms with Gasteiger partial charge in [-0.3, -0.25) is 4.79 Å². The Morgan fingerprint density at radius 1 is 1.44 bits per heavy atom. The third-order valence-corrected chi connectivity index (χ3v) is 2.90. The van der Waals surface area contributed by atoms with Crippen molar-refractivity contribution in [1.29, 1.82) is 5.26 Å². The predicted molar refractivity (Wildman–Crippen MR) is 59.1 cm³/mol. The number of nitrogens with zero attached hydrogens (tertiary/aromatic N) is 2. The van der Waals surface area contributed by atoms with E-state index in [4.69, 9.17) is 10.4 Å². The van der Waals surface area contributed by atoms with Gasteiger partial charge in [0, 0.05) is 18.8 Å². The Morgan fingerprint density at radius 2 is 2.12 bits per heavy atom. The van der Waals surface area contributed by atoms with Gasteiger partial charge in [0.25, 0.3) is 0 Å². The molecule has 4 heteroatoms. The highest BCUT2D eigenvalue weighted by molar-refractivity contribution is 5.72. The van der Waals surface area contributed by atoms with Crippen molar-refractivity contribution in [1.82, 2.24) is 0 Å². The largest absolute Gasteiger partial charge is 0.481 e. The summed E-state index contributed by atoms with van der Waals surface area (Å²) in [5.41, 5.74) is 1.61. The summed E-state index contributed by atoms with van der Waals surface area (Å²) >= 11 is 0. The van der Waals surface area contributed by atoms with E-state index in [-0.39, 0.29) is 5.92 Å². The van der Waals surface area contributed by atoms with E-state index in [2.05, 4.69) is 6.07 Å². The molecule has 1 unspecified atom stereocenters. The number of carboxylic acids is 1. The normalized spacial score (nSPS) is 19.4. The average molecular weight is 216 g/mol. The van der Waals surface area contributed by atoms with Gasteiger partial charge in [0.15, 0.2) is 0 Å². The second kappa shape index (κ2) is 4.23. The molecule has 1 aromatic carbocycles. The molecule has 0 saturated carbocycles. The van der Waals surface area contributed by atoms with Crippen molar-refractivity contribution in [2.24, 2.45) is 5.92 Å². The maximum Gasteiger partial charge on any atom is 0.308 e. The fourth-order valence-corrected chi connectivity index (χ4v) is 1.94. The second-order valence-electron chi connectivity index (χ2n) is 3.93. The highest BCUT2D eigenvalue weighted by Gasteiger charge is 2.27.